The van der Waals surface area contributed by atoms with Gasteiger partial charge in [-0.3, -0.25) is 0 Å². The number of anilines is 1. The zero-order valence-electron chi connectivity index (χ0n) is 19.0. The highest BCUT2D eigenvalue weighted by atomic mass is 32.1. The Hall–Kier alpha value is -3.45. The number of methoxy groups -OCH3 is 3. The number of nitrogens with one attached hydrogen (secondary N) is 1. The van der Waals surface area contributed by atoms with Crippen LogP contribution >= 0.6 is 12.2 Å². The molecule has 0 radical (unpaired) electrons. The lowest BCUT2D eigenvalue weighted by Crippen LogP contribution is -2.44. The Kier molecular flexibility index (Phi) is 7.19. The minimum atomic E-state index is -0.0978. The monoisotopic (exact) mass is 464 g/mol. The summed E-state index contributed by atoms with van der Waals surface area (Å²) in [6.07, 6.45) is 0.839. The predicted octanol–water partition coefficient (Wildman–Crippen LogP) is 5.09. The molecule has 3 aromatic rings. The normalized spacial score (nSPS) is 14.8. The van der Waals surface area contributed by atoms with Crippen LogP contribution in [0.1, 0.15) is 17.2 Å². The smallest absolute Gasteiger partial charge is 0.174 e. The van der Waals surface area contributed by atoms with E-state index in [1.807, 2.05) is 60.7 Å². The Morgan fingerprint density at radius 1 is 0.909 bits per heavy atom. The molecule has 0 saturated carbocycles. The van der Waals surface area contributed by atoms with E-state index in [2.05, 4.69) is 16.3 Å². The summed E-state index contributed by atoms with van der Waals surface area (Å²) >= 11 is 5.82. The van der Waals surface area contributed by atoms with Gasteiger partial charge in [-0.05, 0) is 78.3 Å². The van der Waals surface area contributed by atoms with E-state index in [9.17, 15) is 0 Å². The van der Waals surface area contributed by atoms with E-state index in [4.69, 9.17) is 31.2 Å². The lowest BCUT2D eigenvalue weighted by Gasteiger charge is -2.39. The highest BCUT2D eigenvalue weighted by molar-refractivity contribution is 7.80. The first-order chi connectivity index (χ1) is 16.1. The van der Waals surface area contributed by atoms with Gasteiger partial charge in [-0.2, -0.15) is 0 Å². The zero-order chi connectivity index (χ0) is 23.2. The van der Waals surface area contributed by atoms with Crippen LogP contribution < -0.4 is 24.3 Å². The van der Waals surface area contributed by atoms with Crippen molar-refractivity contribution in [2.75, 3.05) is 39.8 Å². The number of thiocarbonyl (C=S) groups is 1. The number of hydrogen-bond donors (Lipinski definition) is 1. The molecule has 33 heavy (non-hydrogen) atoms. The topological polar surface area (TPSA) is 52.2 Å². The molecule has 7 heteroatoms. The van der Waals surface area contributed by atoms with Gasteiger partial charge < -0.3 is 29.2 Å². The number of nitrogens with zero attached hydrogens (tertiary/aromatic N) is 1. The summed E-state index contributed by atoms with van der Waals surface area (Å²) in [5.74, 6) is 2.97. The van der Waals surface area contributed by atoms with Gasteiger partial charge >= 0.3 is 0 Å². The Bertz CT molecular complexity index is 1090. The molecule has 4 rings (SSSR count). The first kappa shape index (κ1) is 22.7. The lowest BCUT2D eigenvalue weighted by atomic mass is 9.92. The van der Waals surface area contributed by atoms with E-state index < -0.39 is 0 Å². The van der Waals surface area contributed by atoms with Gasteiger partial charge in [0.1, 0.15) is 18.1 Å². The molecular weight excluding hydrogens is 436 g/mol. The highest BCUT2D eigenvalue weighted by Crippen LogP contribution is 2.38. The molecule has 6 nitrogen and oxygen atoms in total. The van der Waals surface area contributed by atoms with Crippen LogP contribution in [0, 0.1) is 0 Å². The molecule has 0 amide bonds. The Morgan fingerprint density at radius 2 is 1.58 bits per heavy atom. The Labute approximate surface area is 200 Å². The summed E-state index contributed by atoms with van der Waals surface area (Å²) in [5, 5.41) is 4.02. The van der Waals surface area contributed by atoms with Gasteiger partial charge in [0.15, 0.2) is 16.6 Å². The van der Waals surface area contributed by atoms with Crippen molar-refractivity contribution in [3.8, 4) is 23.0 Å². The van der Waals surface area contributed by atoms with Gasteiger partial charge in [-0.15, -0.1) is 0 Å². The van der Waals surface area contributed by atoms with Gasteiger partial charge in [0.2, 0.25) is 0 Å². The van der Waals surface area contributed by atoms with E-state index in [0.29, 0.717) is 17.5 Å². The van der Waals surface area contributed by atoms with Crippen molar-refractivity contribution in [2.45, 2.75) is 12.5 Å². The number of ether oxygens (including phenoxy) is 4. The summed E-state index contributed by atoms with van der Waals surface area (Å²) in [7, 11) is 4.95. The molecule has 0 bridgehead atoms. The van der Waals surface area contributed by atoms with Crippen molar-refractivity contribution < 1.29 is 18.9 Å². The third-order valence-corrected chi connectivity index (χ3v) is 6.09. The van der Waals surface area contributed by atoms with Crippen LogP contribution in [0.3, 0.4) is 0 Å². The second-order valence-corrected chi connectivity index (χ2v) is 8.03. The average molecular weight is 465 g/mol. The van der Waals surface area contributed by atoms with Gasteiger partial charge in [-0.25, -0.2) is 0 Å². The number of benzene rings is 3. The molecule has 1 atom stereocenters. The van der Waals surface area contributed by atoms with Gasteiger partial charge in [0.25, 0.3) is 0 Å². The van der Waals surface area contributed by atoms with Gasteiger partial charge in [-0.1, -0.05) is 18.2 Å². The van der Waals surface area contributed by atoms with Crippen LogP contribution in [-0.4, -0.2) is 44.5 Å². The third-order valence-electron chi connectivity index (χ3n) is 5.76. The number of hydrogen-bond acceptors (Lipinski definition) is 5. The van der Waals surface area contributed by atoms with E-state index in [-0.39, 0.29) is 6.04 Å². The maximum absolute atomic E-state index is 6.21. The fourth-order valence-electron chi connectivity index (χ4n) is 4.01. The van der Waals surface area contributed by atoms with Gasteiger partial charge in [0, 0.05) is 12.2 Å². The maximum Gasteiger partial charge on any atom is 0.174 e. The van der Waals surface area contributed by atoms with Crippen LogP contribution in [0.4, 0.5) is 5.69 Å². The molecule has 0 aromatic heterocycles. The minimum absolute atomic E-state index is 0.0978. The van der Waals surface area contributed by atoms with E-state index in [1.165, 1.54) is 5.56 Å². The first-order valence-electron chi connectivity index (χ1n) is 10.8. The molecule has 1 aliphatic heterocycles. The van der Waals surface area contributed by atoms with Crippen LogP contribution in [0.5, 0.6) is 23.0 Å². The number of rotatable bonds is 7. The first-order valence-corrected chi connectivity index (χ1v) is 11.2. The SMILES string of the molecule is COc1ccc(OC[C@@H]2c3cc(OC)c(OC)cc3CCN2C(=S)Nc2ccccc2)cc1. The van der Waals surface area contributed by atoms with E-state index in [1.54, 1.807) is 21.3 Å². The standard InChI is InChI=1S/C26H28N2O4S/c1-29-20-9-11-21(12-10-20)32-17-23-22-16-25(31-3)24(30-2)15-18(22)13-14-28(23)26(33)27-19-7-5-4-6-8-19/h4-12,15-16,23H,13-14,17H2,1-3H3,(H,27,33)/t23-/m1/s1. The largest absolute Gasteiger partial charge is 0.497 e. The molecule has 0 aliphatic carbocycles. The van der Waals surface area contributed by atoms with Crippen molar-refractivity contribution in [3.05, 3.63) is 77.9 Å². The highest BCUT2D eigenvalue weighted by Gasteiger charge is 2.31. The van der Waals surface area contributed by atoms with E-state index >= 15 is 0 Å². The molecule has 0 saturated heterocycles. The van der Waals surface area contributed by atoms with Crippen LogP contribution in [0.2, 0.25) is 0 Å². The molecule has 0 spiro atoms. The van der Waals surface area contributed by atoms with Crippen molar-refractivity contribution in [3.63, 3.8) is 0 Å². The number of fused-ring (bicyclic) bond motifs is 1. The molecule has 0 fully saturated rings. The second-order valence-electron chi connectivity index (χ2n) is 7.65. The van der Waals surface area contributed by atoms with E-state index in [0.717, 1.165) is 41.5 Å². The summed E-state index contributed by atoms with van der Waals surface area (Å²) in [6, 6.07) is 21.5. The Morgan fingerprint density at radius 3 is 2.24 bits per heavy atom. The molecule has 1 aliphatic rings. The van der Waals surface area contributed by atoms with Crippen molar-refractivity contribution in [2.24, 2.45) is 0 Å². The summed E-state index contributed by atoms with van der Waals surface area (Å²) in [4.78, 5) is 2.18. The lowest BCUT2D eigenvalue weighted by molar-refractivity contribution is 0.190. The van der Waals surface area contributed by atoms with Crippen molar-refractivity contribution >= 4 is 23.0 Å². The van der Waals surface area contributed by atoms with Crippen LogP contribution in [0.15, 0.2) is 66.7 Å². The average Bonchev–Trinajstić information content (AvgIpc) is 2.87. The third kappa shape index (κ3) is 5.14. The summed E-state index contributed by atoms with van der Waals surface area (Å²) < 4.78 is 22.6. The molecular formula is C26H28N2O4S. The minimum Gasteiger partial charge on any atom is -0.497 e. The van der Waals surface area contributed by atoms with Crippen LogP contribution in [-0.2, 0) is 6.42 Å². The Balaban J connectivity index is 1.63. The summed E-state index contributed by atoms with van der Waals surface area (Å²) in [6.45, 7) is 1.18. The second kappa shape index (κ2) is 10.4. The molecule has 1 N–H and O–H groups in total. The fraction of sp³-hybridized carbons (Fsp3) is 0.269. The van der Waals surface area contributed by atoms with Crippen LogP contribution in [0.25, 0.3) is 0 Å². The zero-order valence-corrected chi connectivity index (χ0v) is 19.9. The predicted molar refractivity (Wildman–Crippen MR) is 134 cm³/mol. The fourth-order valence-corrected chi connectivity index (χ4v) is 4.35. The van der Waals surface area contributed by atoms with Gasteiger partial charge in [0.05, 0.1) is 27.4 Å². The summed E-state index contributed by atoms with van der Waals surface area (Å²) in [5.41, 5.74) is 3.27. The maximum atomic E-state index is 6.21. The molecule has 172 valence electrons. The quantitative estimate of drug-likeness (QED) is 0.489. The van der Waals surface area contributed by atoms with Crippen molar-refractivity contribution in [1.29, 1.82) is 0 Å². The van der Waals surface area contributed by atoms with Crippen molar-refractivity contribution in [1.82, 2.24) is 4.90 Å². The molecule has 3 aromatic carbocycles. The molecule has 0 unspecified atom stereocenters. The molecule has 1 heterocycles. The number of para-hydroxylation sites is 1.